The Labute approximate surface area is 54.6 Å². The number of aliphatic hydroxyl groups excluding tert-OH is 1. The standard InChI is InChI=1S/C4H11INO/c1-2-6-3-5-4-7/h6-7H,2-4H2,1H3/q-1. The summed E-state index contributed by atoms with van der Waals surface area (Å²) >= 11 is 0.0660. The van der Waals surface area contributed by atoms with Crippen molar-refractivity contribution >= 4 is 0 Å². The van der Waals surface area contributed by atoms with E-state index in [0.717, 1.165) is 11.1 Å². The first kappa shape index (κ1) is 7.65. The van der Waals surface area contributed by atoms with E-state index in [1.807, 2.05) is 0 Å². The number of hydrogen-bond donors (Lipinski definition) is 2. The minimum absolute atomic E-state index is 0.0660. The zero-order valence-electron chi connectivity index (χ0n) is 4.45. The van der Waals surface area contributed by atoms with Crippen molar-refractivity contribution in [1.82, 2.24) is 5.32 Å². The van der Waals surface area contributed by atoms with Crippen LogP contribution in [-0.2, 0) is 0 Å². The summed E-state index contributed by atoms with van der Waals surface area (Å²) < 4.78 is 1.46. The van der Waals surface area contributed by atoms with Crippen LogP contribution in [-0.4, -0.2) is 20.8 Å². The normalized spacial score (nSPS) is 10.0. The van der Waals surface area contributed by atoms with Crippen molar-refractivity contribution in [2.45, 2.75) is 6.92 Å². The first-order valence-corrected chi connectivity index (χ1v) is 5.32. The topological polar surface area (TPSA) is 32.3 Å². The fourth-order valence-corrected chi connectivity index (χ4v) is 1.37. The van der Waals surface area contributed by atoms with Gasteiger partial charge in [-0.3, -0.25) is 0 Å². The van der Waals surface area contributed by atoms with Crippen LogP contribution in [0.4, 0.5) is 0 Å². The fourth-order valence-electron chi connectivity index (χ4n) is 0.204. The molecule has 0 saturated heterocycles. The van der Waals surface area contributed by atoms with Gasteiger partial charge >= 0.3 is 54.3 Å². The molecule has 0 heterocycles. The molecular weight excluding hydrogens is 205 g/mol. The zero-order valence-corrected chi connectivity index (χ0v) is 6.60. The predicted molar refractivity (Wildman–Crippen MR) is 25.6 cm³/mol. The van der Waals surface area contributed by atoms with E-state index in [-0.39, 0.29) is 21.2 Å². The Hall–Kier alpha value is 0.650. The van der Waals surface area contributed by atoms with Gasteiger partial charge in [0.15, 0.2) is 0 Å². The molecule has 0 aromatic carbocycles. The third-order valence-corrected chi connectivity index (χ3v) is 2.08. The molecule has 0 saturated carbocycles. The molecule has 0 aromatic rings. The average Bonchev–Trinajstić information content (AvgIpc) is 1.69. The number of rotatable bonds is 4. The van der Waals surface area contributed by atoms with Gasteiger partial charge in [-0.2, -0.15) is 0 Å². The molecule has 2 N–H and O–H groups in total. The van der Waals surface area contributed by atoms with Gasteiger partial charge in [0.25, 0.3) is 0 Å². The summed E-state index contributed by atoms with van der Waals surface area (Å²) in [5.74, 6) is 0. The van der Waals surface area contributed by atoms with Crippen molar-refractivity contribution < 1.29 is 26.3 Å². The third-order valence-electron chi connectivity index (χ3n) is 0.523. The summed E-state index contributed by atoms with van der Waals surface area (Å²) in [6, 6.07) is 0. The summed E-state index contributed by atoms with van der Waals surface area (Å²) in [5, 5.41) is 11.4. The third kappa shape index (κ3) is 6.65. The van der Waals surface area contributed by atoms with Crippen molar-refractivity contribution in [2.75, 3.05) is 15.7 Å². The van der Waals surface area contributed by atoms with Crippen LogP contribution in [0.25, 0.3) is 0 Å². The molecule has 46 valence electrons. The molecule has 0 aliphatic carbocycles. The van der Waals surface area contributed by atoms with E-state index < -0.39 is 0 Å². The van der Waals surface area contributed by atoms with Gasteiger partial charge in [-0.1, -0.05) is 0 Å². The molecule has 0 fully saturated rings. The number of alkyl halides is 2. The Balaban J connectivity index is 2.45. The van der Waals surface area contributed by atoms with Crippen LogP contribution >= 0.6 is 0 Å². The summed E-state index contributed by atoms with van der Waals surface area (Å²) in [5.41, 5.74) is 0. The van der Waals surface area contributed by atoms with Crippen LogP contribution in [0.5, 0.6) is 0 Å². The van der Waals surface area contributed by atoms with E-state index in [9.17, 15) is 0 Å². The first-order chi connectivity index (χ1) is 3.41. The van der Waals surface area contributed by atoms with Crippen LogP contribution < -0.4 is 26.5 Å². The molecule has 0 bridgehead atoms. The van der Waals surface area contributed by atoms with Crippen LogP contribution in [0.3, 0.4) is 0 Å². The summed E-state index contributed by atoms with van der Waals surface area (Å²) in [4.78, 5) is 0. The molecule has 0 rings (SSSR count). The maximum atomic E-state index is 8.30. The SMILES string of the molecule is CCNC[I-]CO. The molecule has 0 aromatic heterocycles. The van der Waals surface area contributed by atoms with E-state index in [1.165, 1.54) is 0 Å². The fraction of sp³-hybridized carbons (Fsp3) is 1.00. The second-order valence-corrected chi connectivity index (χ2v) is 3.57. The van der Waals surface area contributed by atoms with Crippen molar-refractivity contribution in [3.05, 3.63) is 0 Å². The Kier molecular flexibility index (Phi) is 7.27. The van der Waals surface area contributed by atoms with Crippen molar-refractivity contribution in [3.63, 3.8) is 0 Å². The molecular formula is C4H11INO-. The van der Waals surface area contributed by atoms with Crippen molar-refractivity contribution in [3.8, 4) is 0 Å². The molecule has 2 nitrogen and oxygen atoms in total. The molecule has 0 spiro atoms. The summed E-state index contributed by atoms with van der Waals surface area (Å²) in [6.45, 7) is 3.10. The quantitative estimate of drug-likeness (QED) is 0.222. The Morgan fingerprint density at radius 2 is 2.43 bits per heavy atom. The zero-order chi connectivity index (χ0) is 5.54. The van der Waals surface area contributed by atoms with Crippen LogP contribution in [0.2, 0.25) is 0 Å². The van der Waals surface area contributed by atoms with E-state index >= 15 is 0 Å². The van der Waals surface area contributed by atoms with Crippen LogP contribution in [0, 0.1) is 0 Å². The van der Waals surface area contributed by atoms with Gasteiger partial charge in [0, 0.05) is 0 Å². The molecule has 0 amide bonds. The second kappa shape index (κ2) is 6.65. The van der Waals surface area contributed by atoms with Crippen molar-refractivity contribution in [1.29, 1.82) is 0 Å². The number of aliphatic hydroxyl groups is 1. The molecule has 0 atom stereocenters. The van der Waals surface area contributed by atoms with Gasteiger partial charge in [-0.15, -0.1) is 0 Å². The molecule has 0 radical (unpaired) electrons. The van der Waals surface area contributed by atoms with Gasteiger partial charge in [-0.25, -0.2) is 0 Å². The molecule has 7 heavy (non-hydrogen) atoms. The van der Waals surface area contributed by atoms with Crippen molar-refractivity contribution in [2.24, 2.45) is 0 Å². The van der Waals surface area contributed by atoms with Crippen LogP contribution in [0.15, 0.2) is 0 Å². The van der Waals surface area contributed by atoms with Gasteiger partial charge in [0.2, 0.25) is 0 Å². The monoisotopic (exact) mass is 216 g/mol. The summed E-state index contributed by atoms with van der Waals surface area (Å²) in [6.07, 6.45) is 0. The Morgan fingerprint density at radius 3 is 2.86 bits per heavy atom. The predicted octanol–water partition coefficient (Wildman–Crippen LogP) is -3.41. The molecule has 0 aliphatic heterocycles. The Bertz CT molecular complexity index is 30.9. The number of hydrogen-bond acceptors (Lipinski definition) is 2. The van der Waals surface area contributed by atoms with E-state index in [4.69, 9.17) is 5.11 Å². The molecule has 3 heteroatoms. The van der Waals surface area contributed by atoms with Gasteiger partial charge < -0.3 is 0 Å². The first-order valence-electron chi connectivity index (χ1n) is 2.26. The number of nitrogens with one attached hydrogen (secondary N) is 1. The Morgan fingerprint density at radius 1 is 1.71 bits per heavy atom. The number of halogens is 1. The van der Waals surface area contributed by atoms with Crippen LogP contribution in [0.1, 0.15) is 6.92 Å². The molecule has 0 unspecified atom stereocenters. The van der Waals surface area contributed by atoms with Gasteiger partial charge in [0.05, 0.1) is 0 Å². The van der Waals surface area contributed by atoms with Gasteiger partial charge in [-0.05, 0) is 0 Å². The summed E-state index contributed by atoms with van der Waals surface area (Å²) in [7, 11) is 0. The second-order valence-electron chi connectivity index (χ2n) is 1.05. The van der Waals surface area contributed by atoms with Gasteiger partial charge in [0.1, 0.15) is 0 Å². The molecule has 0 aliphatic rings. The average molecular weight is 216 g/mol. The maximum absolute atomic E-state index is 8.30. The minimum atomic E-state index is 0.0660. The van der Waals surface area contributed by atoms with E-state index in [1.54, 1.807) is 0 Å². The van der Waals surface area contributed by atoms with E-state index in [0.29, 0.717) is 4.61 Å². The van der Waals surface area contributed by atoms with E-state index in [2.05, 4.69) is 12.2 Å².